The second-order valence-corrected chi connectivity index (χ2v) is 7.20. The number of carbonyl (C=O) groups excluding carboxylic acids is 1. The standard InChI is InChI=1S/C21H20N4O5/c1-14-5-4-10-24-19(26)12-16(22-20(14)24)13-30-21(27)15-6-7-17(18(11-15)25(28)29)23-8-2-3-9-23/h4-7,10-12H,2-3,8-9,13H2,1H3. The van der Waals surface area contributed by atoms with E-state index in [1.807, 2.05) is 17.9 Å². The fourth-order valence-electron chi connectivity index (χ4n) is 3.63. The zero-order valence-electron chi connectivity index (χ0n) is 16.4. The maximum Gasteiger partial charge on any atom is 0.338 e. The topological polar surface area (TPSA) is 107 Å². The van der Waals surface area contributed by atoms with E-state index in [2.05, 4.69) is 4.98 Å². The van der Waals surface area contributed by atoms with Crippen LogP contribution < -0.4 is 10.5 Å². The smallest absolute Gasteiger partial charge is 0.338 e. The first-order valence-corrected chi connectivity index (χ1v) is 9.62. The predicted molar refractivity (Wildman–Crippen MR) is 110 cm³/mol. The Labute approximate surface area is 171 Å². The van der Waals surface area contributed by atoms with Gasteiger partial charge < -0.3 is 9.64 Å². The van der Waals surface area contributed by atoms with Gasteiger partial charge in [-0.25, -0.2) is 9.78 Å². The van der Waals surface area contributed by atoms with Gasteiger partial charge in [0.25, 0.3) is 11.2 Å². The molecular weight excluding hydrogens is 388 g/mol. The normalized spacial score (nSPS) is 13.6. The predicted octanol–water partition coefficient (Wildman–Crippen LogP) is 2.87. The van der Waals surface area contributed by atoms with Crippen LogP contribution in [0.4, 0.5) is 11.4 Å². The minimum Gasteiger partial charge on any atom is -0.456 e. The maximum absolute atomic E-state index is 12.5. The van der Waals surface area contributed by atoms with Crippen molar-refractivity contribution in [3.8, 4) is 0 Å². The molecule has 0 N–H and O–H groups in total. The molecular formula is C21H20N4O5. The van der Waals surface area contributed by atoms with Crippen LogP contribution in [0.5, 0.6) is 0 Å². The Bertz CT molecular complexity index is 1200. The van der Waals surface area contributed by atoms with Crippen molar-refractivity contribution in [2.45, 2.75) is 26.4 Å². The third-order valence-electron chi connectivity index (χ3n) is 5.14. The van der Waals surface area contributed by atoms with Crippen LogP contribution >= 0.6 is 0 Å². The number of ether oxygens (including phenoxy) is 1. The van der Waals surface area contributed by atoms with Crippen molar-refractivity contribution in [1.82, 2.24) is 9.38 Å². The summed E-state index contributed by atoms with van der Waals surface area (Å²) in [5.41, 5.74) is 1.81. The molecule has 2 aromatic heterocycles. The van der Waals surface area contributed by atoms with Gasteiger partial charge in [-0.05, 0) is 43.5 Å². The summed E-state index contributed by atoms with van der Waals surface area (Å²) in [6, 6.07) is 9.24. The summed E-state index contributed by atoms with van der Waals surface area (Å²) in [6.45, 7) is 3.14. The number of hydrogen-bond acceptors (Lipinski definition) is 7. The van der Waals surface area contributed by atoms with Gasteiger partial charge in [0.2, 0.25) is 0 Å². The molecule has 0 saturated carbocycles. The molecule has 9 nitrogen and oxygen atoms in total. The molecule has 0 amide bonds. The Hall–Kier alpha value is -3.75. The Balaban J connectivity index is 1.55. The number of aryl methyl sites for hydroxylation is 1. The van der Waals surface area contributed by atoms with Gasteiger partial charge in [-0.2, -0.15) is 0 Å². The summed E-state index contributed by atoms with van der Waals surface area (Å²) in [4.78, 5) is 42.1. The van der Waals surface area contributed by atoms with E-state index < -0.39 is 10.9 Å². The molecule has 1 aliphatic rings. The molecule has 1 aromatic carbocycles. The van der Waals surface area contributed by atoms with Crippen molar-refractivity contribution in [2.75, 3.05) is 18.0 Å². The average Bonchev–Trinajstić information content (AvgIpc) is 3.27. The number of rotatable bonds is 5. The van der Waals surface area contributed by atoms with Gasteiger partial charge in [0.05, 0.1) is 16.2 Å². The van der Waals surface area contributed by atoms with E-state index in [-0.39, 0.29) is 23.4 Å². The van der Waals surface area contributed by atoms with Crippen LogP contribution in [0.1, 0.15) is 34.5 Å². The number of nitro benzene ring substituents is 1. The molecule has 4 rings (SSSR count). The van der Waals surface area contributed by atoms with Crippen molar-refractivity contribution in [1.29, 1.82) is 0 Å². The van der Waals surface area contributed by atoms with Gasteiger partial charge in [0.15, 0.2) is 0 Å². The van der Waals surface area contributed by atoms with E-state index in [4.69, 9.17) is 4.74 Å². The molecule has 0 unspecified atom stereocenters. The summed E-state index contributed by atoms with van der Waals surface area (Å²) < 4.78 is 6.69. The maximum atomic E-state index is 12.5. The molecule has 0 spiro atoms. The summed E-state index contributed by atoms with van der Waals surface area (Å²) in [6.07, 6.45) is 3.59. The van der Waals surface area contributed by atoms with Crippen molar-refractivity contribution in [3.05, 3.63) is 79.9 Å². The molecule has 3 heterocycles. The van der Waals surface area contributed by atoms with Crippen LogP contribution in [0, 0.1) is 17.0 Å². The summed E-state index contributed by atoms with van der Waals surface area (Å²) >= 11 is 0. The monoisotopic (exact) mass is 408 g/mol. The number of pyridine rings is 1. The Morgan fingerprint density at radius 2 is 2.00 bits per heavy atom. The lowest BCUT2D eigenvalue weighted by Crippen LogP contribution is -2.19. The molecule has 0 bridgehead atoms. The lowest BCUT2D eigenvalue weighted by molar-refractivity contribution is -0.384. The van der Waals surface area contributed by atoms with Crippen LogP contribution in [0.15, 0.2) is 47.4 Å². The zero-order chi connectivity index (χ0) is 21.3. The van der Waals surface area contributed by atoms with E-state index in [1.54, 1.807) is 18.3 Å². The molecule has 3 aromatic rings. The van der Waals surface area contributed by atoms with E-state index in [9.17, 15) is 19.7 Å². The summed E-state index contributed by atoms with van der Waals surface area (Å²) in [5, 5.41) is 11.5. The molecule has 1 saturated heterocycles. The highest BCUT2D eigenvalue weighted by Crippen LogP contribution is 2.31. The van der Waals surface area contributed by atoms with Crippen LogP contribution in [0.2, 0.25) is 0 Å². The summed E-state index contributed by atoms with van der Waals surface area (Å²) in [5.74, 6) is -0.710. The highest BCUT2D eigenvalue weighted by molar-refractivity contribution is 5.91. The van der Waals surface area contributed by atoms with E-state index >= 15 is 0 Å². The molecule has 154 valence electrons. The quantitative estimate of drug-likeness (QED) is 0.363. The fourth-order valence-corrected chi connectivity index (χ4v) is 3.63. The Kier molecular flexibility index (Phi) is 5.18. The first kappa shape index (κ1) is 19.6. The molecule has 1 aliphatic heterocycles. The minimum atomic E-state index is -0.710. The largest absolute Gasteiger partial charge is 0.456 e. The number of nitro groups is 1. The first-order chi connectivity index (χ1) is 14.4. The fraction of sp³-hybridized carbons (Fsp3) is 0.286. The zero-order valence-corrected chi connectivity index (χ0v) is 16.4. The van der Waals surface area contributed by atoms with E-state index in [1.165, 1.54) is 22.6 Å². The van der Waals surface area contributed by atoms with Gasteiger partial charge >= 0.3 is 5.97 Å². The lowest BCUT2D eigenvalue weighted by Gasteiger charge is -2.17. The van der Waals surface area contributed by atoms with Gasteiger partial charge in [-0.15, -0.1) is 0 Å². The van der Waals surface area contributed by atoms with Crippen molar-refractivity contribution < 1.29 is 14.5 Å². The van der Waals surface area contributed by atoms with Crippen molar-refractivity contribution in [3.63, 3.8) is 0 Å². The number of nitrogens with zero attached hydrogens (tertiary/aromatic N) is 4. The van der Waals surface area contributed by atoms with Crippen LogP contribution in [-0.4, -0.2) is 33.4 Å². The number of fused-ring (bicyclic) bond motifs is 1. The van der Waals surface area contributed by atoms with Gasteiger partial charge in [-0.1, -0.05) is 6.07 Å². The van der Waals surface area contributed by atoms with Gasteiger partial charge in [0, 0.05) is 31.4 Å². The molecule has 30 heavy (non-hydrogen) atoms. The van der Waals surface area contributed by atoms with Crippen molar-refractivity contribution in [2.24, 2.45) is 0 Å². The van der Waals surface area contributed by atoms with Crippen LogP contribution in [0.25, 0.3) is 5.65 Å². The Morgan fingerprint density at radius 3 is 2.73 bits per heavy atom. The van der Waals surface area contributed by atoms with Crippen LogP contribution in [-0.2, 0) is 11.3 Å². The van der Waals surface area contributed by atoms with Crippen LogP contribution in [0.3, 0.4) is 0 Å². The number of esters is 1. The van der Waals surface area contributed by atoms with Gasteiger partial charge in [0.1, 0.15) is 17.9 Å². The molecule has 0 aliphatic carbocycles. The molecule has 0 atom stereocenters. The minimum absolute atomic E-state index is 0.0818. The first-order valence-electron chi connectivity index (χ1n) is 9.62. The van der Waals surface area contributed by atoms with E-state index in [0.717, 1.165) is 31.5 Å². The van der Waals surface area contributed by atoms with Gasteiger partial charge in [-0.3, -0.25) is 19.3 Å². The number of benzene rings is 1. The highest BCUT2D eigenvalue weighted by Gasteiger charge is 2.24. The number of hydrogen-bond donors (Lipinski definition) is 0. The second-order valence-electron chi connectivity index (χ2n) is 7.20. The van der Waals surface area contributed by atoms with Crippen molar-refractivity contribution >= 4 is 23.0 Å². The third-order valence-corrected chi connectivity index (χ3v) is 5.14. The summed E-state index contributed by atoms with van der Waals surface area (Å²) in [7, 11) is 0. The number of carbonyl (C=O) groups is 1. The Morgan fingerprint density at radius 1 is 1.23 bits per heavy atom. The third kappa shape index (κ3) is 3.73. The molecule has 1 fully saturated rings. The SMILES string of the molecule is Cc1cccn2c(=O)cc(COC(=O)c3ccc(N4CCCC4)c([N+](=O)[O-])c3)nc12. The molecule has 9 heteroatoms. The second kappa shape index (κ2) is 7.94. The number of anilines is 1. The van der Waals surface area contributed by atoms with E-state index in [0.29, 0.717) is 17.0 Å². The highest BCUT2D eigenvalue weighted by atomic mass is 16.6. The molecule has 0 radical (unpaired) electrons. The number of aromatic nitrogens is 2. The lowest BCUT2D eigenvalue weighted by atomic mass is 10.1. The average molecular weight is 408 g/mol.